The predicted molar refractivity (Wildman–Crippen MR) is 90.3 cm³/mol. The Balaban J connectivity index is 1.96. The van der Waals surface area contributed by atoms with Gasteiger partial charge in [-0.2, -0.15) is 0 Å². The molecular formula is C19H21N3. The topological polar surface area (TPSA) is 40.7 Å². The van der Waals surface area contributed by atoms with Crippen LogP contribution in [0.2, 0.25) is 0 Å². The van der Waals surface area contributed by atoms with Gasteiger partial charge < -0.3 is 10.3 Å². The van der Waals surface area contributed by atoms with Crippen molar-refractivity contribution in [3.05, 3.63) is 64.1 Å². The molecule has 0 fully saturated rings. The summed E-state index contributed by atoms with van der Waals surface area (Å²) in [5.41, 5.74) is 9.31. The van der Waals surface area contributed by atoms with E-state index >= 15 is 0 Å². The first-order chi connectivity index (χ1) is 10.6. The van der Waals surface area contributed by atoms with Crippen LogP contribution in [-0.2, 0) is 6.42 Å². The molecule has 0 spiro atoms. The average Bonchev–Trinajstić information content (AvgIpc) is 2.86. The summed E-state index contributed by atoms with van der Waals surface area (Å²) in [6.45, 7) is 7.53. The maximum atomic E-state index is 4.23. The fourth-order valence-corrected chi connectivity index (χ4v) is 3.85. The third-order valence-corrected chi connectivity index (χ3v) is 4.76. The zero-order valence-corrected chi connectivity index (χ0v) is 13.3. The van der Waals surface area contributed by atoms with Gasteiger partial charge in [0.15, 0.2) is 0 Å². The normalized spacial score (nSPS) is 17.7. The van der Waals surface area contributed by atoms with Gasteiger partial charge in [0.05, 0.1) is 6.04 Å². The lowest BCUT2D eigenvalue weighted by molar-refractivity contribution is 0.557. The van der Waals surface area contributed by atoms with Gasteiger partial charge in [0, 0.05) is 35.5 Å². The van der Waals surface area contributed by atoms with Crippen molar-refractivity contribution >= 4 is 10.9 Å². The van der Waals surface area contributed by atoms with E-state index in [0.29, 0.717) is 0 Å². The van der Waals surface area contributed by atoms with Gasteiger partial charge in [-0.3, -0.25) is 4.98 Å². The Hall–Kier alpha value is -2.13. The fourth-order valence-electron chi connectivity index (χ4n) is 3.85. The molecule has 1 unspecified atom stereocenters. The number of H-pyrrole nitrogens is 1. The molecule has 22 heavy (non-hydrogen) atoms. The van der Waals surface area contributed by atoms with E-state index in [1.807, 2.05) is 12.4 Å². The molecule has 112 valence electrons. The van der Waals surface area contributed by atoms with Crippen molar-refractivity contribution in [2.45, 2.75) is 33.2 Å². The molecule has 3 heteroatoms. The van der Waals surface area contributed by atoms with Crippen molar-refractivity contribution in [2.75, 3.05) is 6.54 Å². The molecular weight excluding hydrogens is 270 g/mol. The number of hydrogen-bond acceptors (Lipinski definition) is 2. The molecule has 3 heterocycles. The van der Waals surface area contributed by atoms with E-state index < -0.39 is 0 Å². The molecule has 3 aromatic rings. The summed E-state index contributed by atoms with van der Waals surface area (Å²) in [5.74, 6) is 0. The van der Waals surface area contributed by atoms with E-state index in [1.165, 1.54) is 44.4 Å². The van der Waals surface area contributed by atoms with Crippen molar-refractivity contribution in [3.63, 3.8) is 0 Å². The number of hydrogen-bond donors (Lipinski definition) is 2. The third kappa shape index (κ3) is 1.97. The van der Waals surface area contributed by atoms with Crippen molar-refractivity contribution in [1.82, 2.24) is 15.3 Å². The van der Waals surface area contributed by atoms with Crippen LogP contribution in [0.15, 0.2) is 30.6 Å². The van der Waals surface area contributed by atoms with E-state index in [1.54, 1.807) is 0 Å². The number of benzene rings is 1. The molecule has 1 aliphatic rings. The van der Waals surface area contributed by atoms with E-state index in [0.717, 1.165) is 13.0 Å². The molecule has 1 atom stereocenters. The summed E-state index contributed by atoms with van der Waals surface area (Å²) in [5, 5.41) is 5.08. The number of nitrogens with zero attached hydrogens (tertiary/aromatic N) is 1. The van der Waals surface area contributed by atoms with Gasteiger partial charge in [0.1, 0.15) is 0 Å². The van der Waals surface area contributed by atoms with Crippen LogP contribution in [0.3, 0.4) is 0 Å². The van der Waals surface area contributed by atoms with Gasteiger partial charge in [0.2, 0.25) is 0 Å². The first kappa shape index (κ1) is 13.5. The van der Waals surface area contributed by atoms with Crippen LogP contribution in [0, 0.1) is 20.8 Å². The van der Waals surface area contributed by atoms with Crippen molar-refractivity contribution < 1.29 is 0 Å². The highest BCUT2D eigenvalue weighted by Gasteiger charge is 2.26. The Morgan fingerprint density at radius 1 is 1.14 bits per heavy atom. The minimum Gasteiger partial charge on any atom is -0.357 e. The molecule has 2 aromatic heterocycles. The molecule has 0 radical (unpaired) electrons. The number of aromatic amines is 1. The minimum absolute atomic E-state index is 0.235. The van der Waals surface area contributed by atoms with Crippen molar-refractivity contribution in [3.8, 4) is 0 Å². The SMILES string of the molecule is Cc1cc(C)c2c3c([nH]c2c1)C(c1ccncc1C)NCC3. The second kappa shape index (κ2) is 4.96. The second-order valence-corrected chi connectivity index (χ2v) is 6.39. The van der Waals surface area contributed by atoms with Crippen LogP contribution in [0.25, 0.3) is 10.9 Å². The number of rotatable bonds is 1. The summed E-state index contributed by atoms with van der Waals surface area (Å²) >= 11 is 0. The van der Waals surface area contributed by atoms with Crippen molar-refractivity contribution in [2.24, 2.45) is 0 Å². The van der Waals surface area contributed by atoms with Gasteiger partial charge in [0.25, 0.3) is 0 Å². The number of nitrogens with one attached hydrogen (secondary N) is 2. The van der Waals surface area contributed by atoms with Crippen LogP contribution < -0.4 is 5.32 Å². The highest BCUT2D eigenvalue weighted by molar-refractivity contribution is 5.89. The summed E-state index contributed by atoms with van der Waals surface area (Å²) in [7, 11) is 0. The van der Waals surface area contributed by atoms with E-state index in [2.05, 4.69) is 54.3 Å². The highest BCUT2D eigenvalue weighted by atomic mass is 15.0. The smallest absolute Gasteiger partial charge is 0.0736 e. The quantitative estimate of drug-likeness (QED) is 0.717. The maximum absolute atomic E-state index is 4.23. The van der Waals surface area contributed by atoms with Crippen LogP contribution in [0.1, 0.15) is 39.6 Å². The lowest BCUT2D eigenvalue weighted by atomic mass is 9.92. The summed E-state index contributed by atoms with van der Waals surface area (Å²) in [6, 6.07) is 6.91. The lowest BCUT2D eigenvalue weighted by Gasteiger charge is -2.26. The van der Waals surface area contributed by atoms with Gasteiger partial charge in [-0.25, -0.2) is 0 Å². The molecule has 0 amide bonds. The summed E-state index contributed by atoms with van der Waals surface area (Å²) in [4.78, 5) is 7.92. The van der Waals surface area contributed by atoms with Gasteiger partial charge in [-0.1, -0.05) is 6.07 Å². The fraction of sp³-hybridized carbons (Fsp3) is 0.316. The molecule has 3 nitrogen and oxygen atoms in total. The van der Waals surface area contributed by atoms with Crippen LogP contribution in [0.5, 0.6) is 0 Å². The molecule has 1 aromatic carbocycles. The molecule has 0 aliphatic carbocycles. The number of aryl methyl sites for hydroxylation is 3. The zero-order valence-electron chi connectivity index (χ0n) is 13.3. The Bertz CT molecular complexity index is 860. The van der Waals surface area contributed by atoms with Gasteiger partial charge in [-0.05, 0) is 67.1 Å². The monoisotopic (exact) mass is 291 g/mol. The van der Waals surface area contributed by atoms with E-state index in [-0.39, 0.29) is 6.04 Å². The van der Waals surface area contributed by atoms with E-state index in [4.69, 9.17) is 0 Å². The summed E-state index contributed by atoms with van der Waals surface area (Å²) in [6.07, 6.45) is 4.92. The first-order valence-corrected chi connectivity index (χ1v) is 7.90. The summed E-state index contributed by atoms with van der Waals surface area (Å²) < 4.78 is 0. The zero-order chi connectivity index (χ0) is 15.3. The Labute approximate surface area is 130 Å². The van der Waals surface area contributed by atoms with Crippen molar-refractivity contribution in [1.29, 1.82) is 0 Å². The van der Waals surface area contributed by atoms with Crippen LogP contribution in [0.4, 0.5) is 0 Å². The highest BCUT2D eigenvalue weighted by Crippen LogP contribution is 2.36. The Morgan fingerprint density at radius 2 is 2.00 bits per heavy atom. The molecule has 1 aliphatic heterocycles. The number of pyridine rings is 1. The molecule has 0 bridgehead atoms. The molecule has 0 saturated carbocycles. The minimum atomic E-state index is 0.235. The molecule has 2 N–H and O–H groups in total. The number of aromatic nitrogens is 2. The van der Waals surface area contributed by atoms with Crippen LogP contribution in [-0.4, -0.2) is 16.5 Å². The average molecular weight is 291 g/mol. The molecule has 4 rings (SSSR count). The standard InChI is InChI=1S/C19H21N3/c1-11-8-12(2)17-15-5-7-21-18(19(15)22-16(17)9-11)14-4-6-20-10-13(14)3/h4,6,8-10,18,21-22H,5,7H2,1-3H3. The van der Waals surface area contributed by atoms with E-state index in [9.17, 15) is 0 Å². The largest absolute Gasteiger partial charge is 0.357 e. The molecule has 0 saturated heterocycles. The number of fused-ring (bicyclic) bond motifs is 3. The van der Waals surface area contributed by atoms with Gasteiger partial charge >= 0.3 is 0 Å². The predicted octanol–water partition coefficient (Wildman–Crippen LogP) is 3.72. The van der Waals surface area contributed by atoms with Gasteiger partial charge in [-0.15, -0.1) is 0 Å². The second-order valence-electron chi connectivity index (χ2n) is 6.39. The lowest BCUT2D eigenvalue weighted by Crippen LogP contribution is -2.31. The maximum Gasteiger partial charge on any atom is 0.0736 e. The Kier molecular flexibility index (Phi) is 3.05. The third-order valence-electron chi connectivity index (χ3n) is 4.76. The Morgan fingerprint density at radius 3 is 2.82 bits per heavy atom. The first-order valence-electron chi connectivity index (χ1n) is 7.90. The van der Waals surface area contributed by atoms with Crippen LogP contribution >= 0.6 is 0 Å².